The number of hydrogen-bond donors (Lipinski definition) is 1. The summed E-state index contributed by atoms with van der Waals surface area (Å²) in [5.41, 5.74) is 2.26. The van der Waals surface area contributed by atoms with Crippen molar-refractivity contribution in [2.24, 2.45) is 5.10 Å². The van der Waals surface area contributed by atoms with Crippen molar-refractivity contribution in [2.75, 3.05) is 0 Å². The summed E-state index contributed by atoms with van der Waals surface area (Å²) in [7, 11) is 0. The molecule has 0 aliphatic carbocycles. The van der Waals surface area contributed by atoms with E-state index >= 15 is 0 Å². The summed E-state index contributed by atoms with van der Waals surface area (Å²) < 4.78 is 10.1. The molecule has 0 aliphatic heterocycles. The van der Waals surface area contributed by atoms with Crippen LogP contribution >= 0.6 is 0 Å². The largest absolute Gasteiger partial charge is 0.469 e. The maximum Gasteiger partial charge on any atom is 0.433 e. The van der Waals surface area contributed by atoms with Crippen LogP contribution in [0.2, 0.25) is 0 Å². The zero-order valence-corrected chi connectivity index (χ0v) is 9.58. The van der Waals surface area contributed by atoms with Crippen LogP contribution in [0.15, 0.2) is 58.2 Å². The van der Waals surface area contributed by atoms with Crippen LogP contribution < -0.4 is 10.2 Å². The van der Waals surface area contributed by atoms with Crippen LogP contribution in [0.1, 0.15) is 5.76 Å². The molecule has 5 heteroatoms. The standard InChI is InChI=1S/C13H12N2O3/c16-13(18-12-5-2-1-3-6-12)15-14-9-8-11-7-4-10-17-11/h1-7,9-10H,8H2,(H,15,16). The summed E-state index contributed by atoms with van der Waals surface area (Å²) in [4.78, 5) is 11.3. The number of benzene rings is 1. The molecule has 1 N–H and O–H groups in total. The SMILES string of the molecule is O=C(NN=CCc1ccco1)Oc1ccccc1. The van der Waals surface area contributed by atoms with Crippen LogP contribution in [-0.2, 0) is 6.42 Å². The molecule has 1 aromatic heterocycles. The molecule has 0 fully saturated rings. The molecule has 1 amide bonds. The Labute approximate surface area is 104 Å². The fraction of sp³-hybridized carbons (Fsp3) is 0.0769. The molecule has 0 spiro atoms. The molecule has 0 bridgehead atoms. The minimum Gasteiger partial charge on any atom is -0.469 e. The molecule has 0 saturated carbocycles. The molecule has 18 heavy (non-hydrogen) atoms. The van der Waals surface area contributed by atoms with Gasteiger partial charge in [-0.2, -0.15) is 5.10 Å². The molecule has 1 aromatic carbocycles. The van der Waals surface area contributed by atoms with Gasteiger partial charge in [0.05, 0.1) is 6.26 Å². The highest BCUT2D eigenvalue weighted by Gasteiger charge is 2.00. The molecule has 0 aliphatic rings. The van der Waals surface area contributed by atoms with Gasteiger partial charge in [0, 0.05) is 12.6 Å². The first-order valence-corrected chi connectivity index (χ1v) is 5.41. The normalized spacial score (nSPS) is 10.4. The predicted molar refractivity (Wildman–Crippen MR) is 66.5 cm³/mol. The van der Waals surface area contributed by atoms with Gasteiger partial charge < -0.3 is 9.15 Å². The van der Waals surface area contributed by atoms with Crippen molar-refractivity contribution in [3.63, 3.8) is 0 Å². The Balaban J connectivity index is 1.73. The third-order valence-corrected chi connectivity index (χ3v) is 2.07. The highest BCUT2D eigenvalue weighted by atomic mass is 16.6. The van der Waals surface area contributed by atoms with Crippen molar-refractivity contribution in [3.05, 3.63) is 54.5 Å². The number of carbonyl (C=O) groups is 1. The van der Waals surface area contributed by atoms with Crippen LogP contribution in [0.3, 0.4) is 0 Å². The molecule has 5 nitrogen and oxygen atoms in total. The Morgan fingerprint density at radius 1 is 1.28 bits per heavy atom. The lowest BCUT2D eigenvalue weighted by molar-refractivity contribution is 0.201. The van der Waals surface area contributed by atoms with E-state index in [0.717, 1.165) is 5.76 Å². The van der Waals surface area contributed by atoms with Crippen molar-refractivity contribution in [1.82, 2.24) is 5.43 Å². The second kappa shape index (κ2) is 6.24. The number of hydrazone groups is 1. The second-order valence-electron chi connectivity index (χ2n) is 3.41. The summed E-state index contributed by atoms with van der Waals surface area (Å²) in [6, 6.07) is 12.4. The van der Waals surface area contributed by atoms with E-state index in [1.54, 1.807) is 36.6 Å². The molecule has 0 unspecified atom stereocenters. The van der Waals surface area contributed by atoms with Crippen LogP contribution in [0.25, 0.3) is 0 Å². The Hall–Kier alpha value is -2.56. The van der Waals surface area contributed by atoms with Gasteiger partial charge in [-0.3, -0.25) is 0 Å². The van der Waals surface area contributed by atoms with Crippen LogP contribution in [0, 0.1) is 0 Å². The van der Waals surface area contributed by atoms with Crippen molar-refractivity contribution in [3.8, 4) is 5.75 Å². The van der Waals surface area contributed by atoms with Gasteiger partial charge in [0.2, 0.25) is 0 Å². The third-order valence-electron chi connectivity index (χ3n) is 2.07. The van der Waals surface area contributed by atoms with Gasteiger partial charge >= 0.3 is 6.09 Å². The second-order valence-corrected chi connectivity index (χ2v) is 3.41. The van der Waals surface area contributed by atoms with Gasteiger partial charge in [-0.1, -0.05) is 18.2 Å². The van der Waals surface area contributed by atoms with E-state index in [0.29, 0.717) is 12.2 Å². The van der Waals surface area contributed by atoms with E-state index in [4.69, 9.17) is 9.15 Å². The summed E-state index contributed by atoms with van der Waals surface area (Å²) in [5.74, 6) is 1.24. The Morgan fingerprint density at radius 2 is 2.11 bits per heavy atom. The van der Waals surface area contributed by atoms with Gasteiger partial charge in [-0.15, -0.1) is 0 Å². The molecule has 2 aromatic rings. The van der Waals surface area contributed by atoms with Crippen molar-refractivity contribution >= 4 is 12.3 Å². The van der Waals surface area contributed by atoms with E-state index < -0.39 is 6.09 Å². The predicted octanol–water partition coefficient (Wildman–Crippen LogP) is 2.60. The minimum absolute atomic E-state index is 0.469. The van der Waals surface area contributed by atoms with Crippen LogP contribution in [0.4, 0.5) is 4.79 Å². The maximum atomic E-state index is 11.3. The topological polar surface area (TPSA) is 63.8 Å². The molecule has 2 rings (SSSR count). The number of nitrogens with one attached hydrogen (secondary N) is 1. The lowest BCUT2D eigenvalue weighted by Gasteiger charge is -2.01. The number of furan rings is 1. The zero-order valence-electron chi connectivity index (χ0n) is 9.58. The molecule has 0 saturated heterocycles. The molecule has 92 valence electrons. The Morgan fingerprint density at radius 3 is 2.83 bits per heavy atom. The number of carbonyl (C=O) groups excluding carboxylic acids is 1. The number of rotatable bonds is 4. The first-order chi connectivity index (χ1) is 8.84. The number of amides is 1. The Kier molecular flexibility index (Phi) is 4.13. The number of hydrogen-bond acceptors (Lipinski definition) is 4. The number of nitrogens with zero attached hydrogens (tertiary/aromatic N) is 1. The van der Waals surface area contributed by atoms with E-state index in [-0.39, 0.29) is 0 Å². The monoisotopic (exact) mass is 244 g/mol. The highest BCUT2D eigenvalue weighted by Crippen LogP contribution is 2.07. The van der Waals surface area contributed by atoms with Crippen molar-refractivity contribution in [1.29, 1.82) is 0 Å². The molecule has 0 radical (unpaired) electrons. The highest BCUT2D eigenvalue weighted by molar-refractivity contribution is 5.71. The summed E-state index contributed by atoms with van der Waals surface area (Å²) in [6.07, 6.45) is 3.00. The Bertz CT molecular complexity index is 506. The van der Waals surface area contributed by atoms with Crippen molar-refractivity contribution in [2.45, 2.75) is 6.42 Å². The van der Waals surface area contributed by atoms with E-state index in [9.17, 15) is 4.79 Å². The number of ether oxygens (including phenoxy) is 1. The minimum atomic E-state index is -0.628. The van der Waals surface area contributed by atoms with Gasteiger partial charge in [0.15, 0.2) is 0 Å². The summed E-state index contributed by atoms with van der Waals surface area (Å²) in [6.45, 7) is 0. The van der Waals surface area contributed by atoms with E-state index in [1.807, 2.05) is 12.1 Å². The fourth-order valence-electron chi connectivity index (χ4n) is 1.28. The fourth-order valence-corrected chi connectivity index (χ4v) is 1.28. The van der Waals surface area contributed by atoms with Crippen molar-refractivity contribution < 1.29 is 13.9 Å². The molecule has 0 atom stereocenters. The lowest BCUT2D eigenvalue weighted by atomic mass is 10.3. The van der Waals surface area contributed by atoms with Gasteiger partial charge in [0.1, 0.15) is 11.5 Å². The van der Waals surface area contributed by atoms with Gasteiger partial charge in [-0.25, -0.2) is 10.2 Å². The molecule has 1 heterocycles. The smallest absolute Gasteiger partial charge is 0.433 e. The van der Waals surface area contributed by atoms with Gasteiger partial charge in [0.25, 0.3) is 0 Å². The lowest BCUT2D eigenvalue weighted by Crippen LogP contribution is -2.21. The zero-order chi connectivity index (χ0) is 12.6. The quantitative estimate of drug-likeness (QED) is 0.664. The average molecular weight is 244 g/mol. The van der Waals surface area contributed by atoms with Crippen LogP contribution in [0.5, 0.6) is 5.75 Å². The first-order valence-electron chi connectivity index (χ1n) is 5.41. The number of para-hydroxylation sites is 1. The third kappa shape index (κ3) is 3.79. The summed E-state index contributed by atoms with van der Waals surface area (Å²) >= 11 is 0. The van der Waals surface area contributed by atoms with Gasteiger partial charge in [-0.05, 0) is 24.3 Å². The summed E-state index contributed by atoms with van der Waals surface area (Å²) in [5, 5.41) is 3.73. The first kappa shape index (κ1) is 11.9. The average Bonchev–Trinajstić information content (AvgIpc) is 2.89. The molecular weight excluding hydrogens is 232 g/mol. The van der Waals surface area contributed by atoms with Crippen LogP contribution in [-0.4, -0.2) is 12.3 Å². The van der Waals surface area contributed by atoms with E-state index in [1.165, 1.54) is 6.21 Å². The van der Waals surface area contributed by atoms with E-state index in [2.05, 4.69) is 10.5 Å². The molecular formula is C13H12N2O3. The maximum absolute atomic E-state index is 11.3.